The summed E-state index contributed by atoms with van der Waals surface area (Å²) in [7, 11) is 1.51. The van der Waals surface area contributed by atoms with Crippen LogP contribution < -0.4 is 20.3 Å². The summed E-state index contributed by atoms with van der Waals surface area (Å²) in [6.07, 6.45) is 2.38. The van der Waals surface area contributed by atoms with Crippen LogP contribution in [0.3, 0.4) is 0 Å². The summed E-state index contributed by atoms with van der Waals surface area (Å²) >= 11 is 0. The van der Waals surface area contributed by atoms with E-state index in [9.17, 15) is 9.59 Å². The van der Waals surface area contributed by atoms with Gasteiger partial charge in [-0.25, -0.2) is 0 Å². The van der Waals surface area contributed by atoms with Gasteiger partial charge in [-0.05, 0) is 36.6 Å². The molecule has 1 fully saturated rings. The van der Waals surface area contributed by atoms with Gasteiger partial charge in [0.2, 0.25) is 0 Å². The van der Waals surface area contributed by atoms with Crippen molar-refractivity contribution in [1.82, 2.24) is 15.8 Å². The lowest BCUT2D eigenvalue weighted by molar-refractivity contribution is 0.0339. The Morgan fingerprint density at radius 2 is 1.84 bits per heavy atom. The Bertz CT molecular complexity index is 905. The van der Waals surface area contributed by atoms with E-state index in [1.807, 2.05) is 0 Å². The van der Waals surface area contributed by atoms with E-state index < -0.39 is 11.8 Å². The third-order valence-corrected chi connectivity index (χ3v) is 5.12. The molecule has 1 aliphatic heterocycles. The molecule has 0 unspecified atom stereocenters. The zero-order chi connectivity index (χ0) is 22.9. The van der Waals surface area contributed by atoms with Crippen LogP contribution in [0, 0.1) is 5.92 Å². The van der Waals surface area contributed by atoms with Gasteiger partial charge in [0, 0.05) is 30.8 Å². The monoisotopic (exact) mass is 445 g/mol. The quantitative estimate of drug-likeness (QED) is 0.572. The van der Waals surface area contributed by atoms with E-state index >= 15 is 0 Å². The summed E-state index contributed by atoms with van der Waals surface area (Å²) < 4.78 is 21.8. The first kappa shape index (κ1) is 23.6. The van der Waals surface area contributed by atoms with E-state index in [0.717, 1.165) is 25.1 Å². The van der Waals surface area contributed by atoms with Crippen LogP contribution in [0.4, 0.5) is 0 Å². The Hall–Kier alpha value is -3.04. The number of amides is 2. The molecule has 174 valence electrons. The molecule has 0 saturated carbocycles. The minimum absolute atomic E-state index is 0.170. The van der Waals surface area contributed by atoms with Crippen LogP contribution in [0.25, 0.3) is 0 Å². The molecule has 2 N–H and O–H groups in total. The van der Waals surface area contributed by atoms with Gasteiger partial charge in [0.05, 0.1) is 33.2 Å². The standard InChI is InChI=1S/C23H31N3O6/c1-16(2)6-10-31-19-5-4-17(14-20(19)29-3)22(27)24-25-23(28)21-18(7-11-32-21)15-26-8-12-30-13-9-26/h4-5,7,11,14,16H,6,8-10,12-13,15H2,1-3H3,(H,24,27)(H,25,28). The molecule has 0 radical (unpaired) electrons. The lowest BCUT2D eigenvalue weighted by Gasteiger charge is -2.26. The van der Waals surface area contributed by atoms with Crippen molar-refractivity contribution in [1.29, 1.82) is 0 Å². The maximum absolute atomic E-state index is 12.5. The Balaban J connectivity index is 1.56. The zero-order valence-corrected chi connectivity index (χ0v) is 18.8. The first-order chi connectivity index (χ1) is 15.5. The fourth-order valence-electron chi connectivity index (χ4n) is 3.23. The van der Waals surface area contributed by atoms with Crippen molar-refractivity contribution in [3.05, 3.63) is 47.4 Å². The molecule has 1 aromatic heterocycles. The number of benzene rings is 1. The number of rotatable bonds is 9. The number of hydrazine groups is 1. The third-order valence-electron chi connectivity index (χ3n) is 5.12. The first-order valence-electron chi connectivity index (χ1n) is 10.8. The number of furan rings is 1. The second kappa shape index (κ2) is 11.5. The molecule has 0 spiro atoms. The third kappa shape index (κ3) is 6.48. The minimum atomic E-state index is -0.521. The second-order valence-corrected chi connectivity index (χ2v) is 7.97. The second-order valence-electron chi connectivity index (χ2n) is 7.97. The number of carbonyl (C=O) groups is 2. The number of nitrogens with one attached hydrogen (secondary N) is 2. The van der Waals surface area contributed by atoms with Crippen molar-refractivity contribution in [2.75, 3.05) is 40.0 Å². The number of carbonyl (C=O) groups excluding carboxylic acids is 2. The van der Waals surface area contributed by atoms with Crippen LogP contribution in [-0.4, -0.2) is 56.7 Å². The van der Waals surface area contributed by atoms with Crippen LogP contribution in [0.5, 0.6) is 11.5 Å². The van der Waals surface area contributed by atoms with Crippen molar-refractivity contribution in [3.8, 4) is 11.5 Å². The lowest BCUT2D eigenvalue weighted by Crippen LogP contribution is -2.42. The summed E-state index contributed by atoms with van der Waals surface area (Å²) in [6.45, 7) is 8.30. The van der Waals surface area contributed by atoms with Crippen molar-refractivity contribution in [3.63, 3.8) is 0 Å². The molecule has 1 aromatic carbocycles. The predicted octanol–water partition coefficient (Wildman–Crippen LogP) is 2.62. The van der Waals surface area contributed by atoms with Crippen molar-refractivity contribution < 1.29 is 28.2 Å². The average Bonchev–Trinajstić information content (AvgIpc) is 3.26. The lowest BCUT2D eigenvalue weighted by atomic mass is 10.1. The van der Waals surface area contributed by atoms with Gasteiger partial charge < -0.3 is 18.6 Å². The van der Waals surface area contributed by atoms with Crippen LogP contribution >= 0.6 is 0 Å². The molecule has 2 aromatic rings. The fourth-order valence-corrected chi connectivity index (χ4v) is 3.23. The summed E-state index contributed by atoms with van der Waals surface area (Å²) in [5, 5.41) is 0. The maximum Gasteiger partial charge on any atom is 0.305 e. The number of morpholine rings is 1. The number of hydrogen-bond acceptors (Lipinski definition) is 7. The molecular weight excluding hydrogens is 414 g/mol. The Labute approximate surface area is 188 Å². The normalized spacial score (nSPS) is 14.2. The molecule has 1 saturated heterocycles. The molecule has 1 aliphatic rings. The molecule has 2 heterocycles. The molecule has 9 heteroatoms. The molecule has 32 heavy (non-hydrogen) atoms. The van der Waals surface area contributed by atoms with E-state index in [2.05, 4.69) is 29.6 Å². The molecule has 9 nitrogen and oxygen atoms in total. The maximum atomic E-state index is 12.5. The summed E-state index contributed by atoms with van der Waals surface area (Å²) in [4.78, 5) is 27.3. The van der Waals surface area contributed by atoms with Gasteiger partial charge in [0.15, 0.2) is 17.3 Å². The van der Waals surface area contributed by atoms with Gasteiger partial charge >= 0.3 is 5.91 Å². The Morgan fingerprint density at radius 3 is 2.56 bits per heavy atom. The van der Waals surface area contributed by atoms with Gasteiger partial charge in [-0.15, -0.1) is 0 Å². The minimum Gasteiger partial charge on any atom is -0.493 e. The van der Waals surface area contributed by atoms with Gasteiger partial charge in [0.25, 0.3) is 5.91 Å². The molecule has 3 rings (SSSR count). The van der Waals surface area contributed by atoms with Gasteiger partial charge in [-0.2, -0.15) is 0 Å². The fraction of sp³-hybridized carbons (Fsp3) is 0.478. The van der Waals surface area contributed by atoms with E-state index in [-0.39, 0.29) is 5.76 Å². The number of methoxy groups -OCH3 is 1. The van der Waals surface area contributed by atoms with E-state index in [4.69, 9.17) is 18.6 Å². The SMILES string of the molecule is COc1cc(C(=O)NNC(=O)c2occc2CN2CCOCC2)ccc1OCCC(C)C. The number of hydrogen-bond donors (Lipinski definition) is 2. The number of ether oxygens (including phenoxy) is 3. The summed E-state index contributed by atoms with van der Waals surface area (Å²) in [5.74, 6) is 0.712. The largest absolute Gasteiger partial charge is 0.493 e. The topological polar surface area (TPSA) is 102 Å². The smallest absolute Gasteiger partial charge is 0.305 e. The number of nitrogens with zero attached hydrogens (tertiary/aromatic N) is 1. The summed E-state index contributed by atoms with van der Waals surface area (Å²) in [5.41, 5.74) is 5.91. The predicted molar refractivity (Wildman–Crippen MR) is 118 cm³/mol. The van der Waals surface area contributed by atoms with Crippen LogP contribution in [0.1, 0.15) is 46.7 Å². The Kier molecular flexibility index (Phi) is 8.52. The van der Waals surface area contributed by atoms with Gasteiger partial charge in [-0.1, -0.05) is 13.8 Å². The van der Waals surface area contributed by atoms with Crippen molar-refractivity contribution >= 4 is 11.8 Å². The molecule has 0 aliphatic carbocycles. The highest BCUT2D eigenvalue weighted by atomic mass is 16.5. The van der Waals surface area contributed by atoms with E-state index in [1.54, 1.807) is 24.3 Å². The summed E-state index contributed by atoms with van der Waals surface area (Å²) in [6, 6.07) is 6.63. The van der Waals surface area contributed by atoms with Crippen LogP contribution in [0.15, 0.2) is 34.9 Å². The van der Waals surface area contributed by atoms with E-state index in [1.165, 1.54) is 13.4 Å². The highest BCUT2D eigenvalue weighted by Crippen LogP contribution is 2.28. The zero-order valence-electron chi connectivity index (χ0n) is 18.8. The van der Waals surface area contributed by atoms with Gasteiger partial charge in [0.1, 0.15) is 0 Å². The molecule has 0 bridgehead atoms. The highest BCUT2D eigenvalue weighted by Gasteiger charge is 2.20. The average molecular weight is 446 g/mol. The van der Waals surface area contributed by atoms with Crippen molar-refractivity contribution in [2.45, 2.75) is 26.8 Å². The van der Waals surface area contributed by atoms with Crippen LogP contribution in [0.2, 0.25) is 0 Å². The highest BCUT2D eigenvalue weighted by molar-refractivity contribution is 5.98. The molecule has 2 amide bonds. The molecular formula is C23H31N3O6. The molecule has 0 atom stereocenters. The van der Waals surface area contributed by atoms with E-state index in [0.29, 0.717) is 49.3 Å². The first-order valence-corrected chi connectivity index (χ1v) is 10.8. The van der Waals surface area contributed by atoms with Gasteiger partial charge in [-0.3, -0.25) is 25.3 Å². The Morgan fingerprint density at radius 1 is 1.09 bits per heavy atom. The van der Waals surface area contributed by atoms with Crippen LogP contribution in [-0.2, 0) is 11.3 Å². The van der Waals surface area contributed by atoms with Crippen molar-refractivity contribution in [2.24, 2.45) is 5.92 Å².